The number of hydrogen-bond acceptors (Lipinski definition) is 3. The Kier molecular flexibility index (Phi) is 5.60. The zero-order valence-electron chi connectivity index (χ0n) is 9.77. The van der Waals surface area contributed by atoms with Gasteiger partial charge in [0.1, 0.15) is 0 Å². The maximum absolute atomic E-state index is 3.48. The second-order valence-corrected chi connectivity index (χ2v) is 7.01. The van der Waals surface area contributed by atoms with Crippen molar-refractivity contribution in [1.29, 1.82) is 0 Å². The first kappa shape index (κ1) is 14.1. The van der Waals surface area contributed by atoms with Gasteiger partial charge in [-0.15, -0.1) is 0 Å². The van der Waals surface area contributed by atoms with Crippen molar-refractivity contribution in [2.24, 2.45) is 0 Å². The molecule has 0 unspecified atom stereocenters. The van der Waals surface area contributed by atoms with E-state index in [-0.39, 0.29) is 0 Å². The van der Waals surface area contributed by atoms with Crippen molar-refractivity contribution in [2.75, 3.05) is 26.2 Å². The standard InChI is InChI=1S/C12H16BrIN2S/c1-10(11-2-4-12(13)5-3-11)15-6-8-16(17-14)9-7-15/h2-5,10H,6-9H2,1H3/t10-/m0/s1. The topological polar surface area (TPSA) is 6.48 Å². The van der Waals surface area contributed by atoms with Crippen molar-refractivity contribution in [3.05, 3.63) is 34.3 Å². The van der Waals surface area contributed by atoms with E-state index in [0.717, 1.165) is 30.7 Å². The van der Waals surface area contributed by atoms with Crippen LogP contribution in [0.15, 0.2) is 28.7 Å². The third kappa shape index (κ3) is 3.83. The number of piperazine rings is 1. The summed E-state index contributed by atoms with van der Waals surface area (Å²) in [6, 6.07) is 9.21. The van der Waals surface area contributed by atoms with Crippen molar-refractivity contribution in [3.8, 4) is 0 Å². The number of halogens is 2. The maximum atomic E-state index is 3.48. The molecule has 0 aromatic heterocycles. The Bertz CT molecular complexity index is 352. The molecule has 5 heteroatoms. The molecule has 1 aromatic carbocycles. The van der Waals surface area contributed by atoms with Gasteiger partial charge in [-0.05, 0) is 33.7 Å². The van der Waals surface area contributed by atoms with E-state index in [9.17, 15) is 0 Å². The summed E-state index contributed by atoms with van der Waals surface area (Å²) in [7, 11) is 1.83. The van der Waals surface area contributed by atoms with Crippen LogP contribution in [-0.2, 0) is 0 Å². The maximum Gasteiger partial charge on any atom is 0.0320 e. The Morgan fingerprint density at radius 3 is 2.29 bits per heavy atom. The fraction of sp³-hybridized carbons (Fsp3) is 0.500. The molecular weight excluding hydrogens is 411 g/mol. The van der Waals surface area contributed by atoms with Gasteiger partial charge in [0.2, 0.25) is 0 Å². The molecule has 2 rings (SSSR count). The van der Waals surface area contributed by atoms with Crippen LogP contribution in [0, 0.1) is 0 Å². The molecule has 2 nitrogen and oxygen atoms in total. The summed E-state index contributed by atoms with van der Waals surface area (Å²) in [5.74, 6) is 0. The molecule has 1 aliphatic heterocycles. The summed E-state index contributed by atoms with van der Waals surface area (Å²) in [5.41, 5.74) is 1.41. The van der Waals surface area contributed by atoms with Crippen LogP contribution in [0.1, 0.15) is 18.5 Å². The number of benzene rings is 1. The van der Waals surface area contributed by atoms with E-state index >= 15 is 0 Å². The summed E-state index contributed by atoms with van der Waals surface area (Å²) in [6.45, 7) is 6.94. The van der Waals surface area contributed by atoms with Gasteiger partial charge in [-0.3, -0.25) is 4.90 Å². The number of hydrogen-bond donors (Lipinski definition) is 0. The molecular formula is C12H16BrIN2S. The monoisotopic (exact) mass is 426 g/mol. The Hall–Kier alpha value is 0.700. The van der Waals surface area contributed by atoms with E-state index in [1.807, 2.05) is 9.12 Å². The smallest absolute Gasteiger partial charge is 0.0320 e. The van der Waals surface area contributed by atoms with E-state index in [0.29, 0.717) is 6.04 Å². The van der Waals surface area contributed by atoms with Crippen LogP contribution in [0.2, 0.25) is 0 Å². The molecule has 1 atom stereocenters. The minimum absolute atomic E-state index is 0.518. The lowest BCUT2D eigenvalue weighted by molar-refractivity contribution is 0.152. The lowest BCUT2D eigenvalue weighted by Crippen LogP contribution is -2.43. The van der Waals surface area contributed by atoms with E-state index < -0.39 is 0 Å². The highest BCUT2D eigenvalue weighted by molar-refractivity contribution is 14.2. The Morgan fingerprint density at radius 1 is 1.18 bits per heavy atom. The van der Waals surface area contributed by atoms with Crippen LogP contribution in [-0.4, -0.2) is 35.4 Å². The Labute approximate surface area is 128 Å². The lowest BCUT2D eigenvalue weighted by atomic mass is 10.1. The van der Waals surface area contributed by atoms with E-state index in [1.54, 1.807) is 0 Å². The highest BCUT2D eigenvalue weighted by Crippen LogP contribution is 2.26. The molecule has 1 aromatic rings. The lowest BCUT2D eigenvalue weighted by Gasteiger charge is -2.36. The Morgan fingerprint density at radius 2 is 1.76 bits per heavy atom. The van der Waals surface area contributed by atoms with Gasteiger partial charge in [0.15, 0.2) is 0 Å². The molecule has 0 aliphatic carbocycles. The van der Waals surface area contributed by atoms with Crippen LogP contribution in [0.3, 0.4) is 0 Å². The normalized spacial score (nSPS) is 20.4. The minimum Gasteiger partial charge on any atom is -0.294 e. The molecule has 0 radical (unpaired) electrons. The van der Waals surface area contributed by atoms with Crippen LogP contribution < -0.4 is 0 Å². The minimum atomic E-state index is 0.518. The van der Waals surface area contributed by atoms with Gasteiger partial charge >= 0.3 is 0 Å². The van der Waals surface area contributed by atoms with Gasteiger partial charge in [0.25, 0.3) is 0 Å². The average Bonchev–Trinajstić information content (AvgIpc) is 2.39. The predicted molar refractivity (Wildman–Crippen MR) is 87.3 cm³/mol. The molecule has 0 bridgehead atoms. The van der Waals surface area contributed by atoms with Gasteiger partial charge < -0.3 is 0 Å². The molecule has 0 saturated carbocycles. The van der Waals surface area contributed by atoms with Crippen LogP contribution in [0.4, 0.5) is 0 Å². The van der Waals surface area contributed by atoms with Crippen LogP contribution in [0.25, 0.3) is 0 Å². The summed E-state index contributed by atoms with van der Waals surface area (Å²) in [6.07, 6.45) is 0. The van der Waals surface area contributed by atoms with Gasteiger partial charge in [0, 0.05) is 57.9 Å². The first-order valence-corrected chi connectivity index (χ1v) is 9.85. The van der Waals surface area contributed by atoms with Gasteiger partial charge in [-0.1, -0.05) is 28.1 Å². The van der Waals surface area contributed by atoms with Crippen LogP contribution >= 0.6 is 46.3 Å². The van der Waals surface area contributed by atoms with Gasteiger partial charge in [-0.25, -0.2) is 4.31 Å². The number of nitrogens with zero attached hydrogens (tertiary/aromatic N) is 2. The van der Waals surface area contributed by atoms with Gasteiger partial charge in [0.05, 0.1) is 0 Å². The molecule has 1 aliphatic rings. The van der Waals surface area contributed by atoms with Crippen molar-refractivity contribution in [2.45, 2.75) is 13.0 Å². The predicted octanol–water partition coefficient (Wildman–Crippen LogP) is 4.13. The van der Waals surface area contributed by atoms with E-state index in [4.69, 9.17) is 0 Å². The zero-order chi connectivity index (χ0) is 12.3. The quantitative estimate of drug-likeness (QED) is 0.530. The van der Waals surface area contributed by atoms with Crippen molar-refractivity contribution in [1.82, 2.24) is 9.21 Å². The zero-order valence-corrected chi connectivity index (χ0v) is 14.3. The molecule has 0 amide bonds. The van der Waals surface area contributed by atoms with Crippen molar-refractivity contribution < 1.29 is 0 Å². The second kappa shape index (κ2) is 6.75. The largest absolute Gasteiger partial charge is 0.294 e. The third-order valence-electron chi connectivity index (χ3n) is 3.27. The first-order chi connectivity index (χ1) is 8.20. The molecule has 1 fully saturated rings. The van der Waals surface area contributed by atoms with Gasteiger partial charge in [-0.2, -0.15) is 0 Å². The summed E-state index contributed by atoms with van der Waals surface area (Å²) in [4.78, 5) is 2.56. The summed E-state index contributed by atoms with van der Waals surface area (Å²) >= 11 is 5.85. The van der Waals surface area contributed by atoms with E-state index in [2.05, 4.69) is 77.5 Å². The fourth-order valence-corrected chi connectivity index (χ4v) is 3.86. The fourth-order valence-electron chi connectivity index (χ4n) is 2.11. The van der Waals surface area contributed by atoms with Crippen molar-refractivity contribution in [3.63, 3.8) is 0 Å². The third-order valence-corrected chi connectivity index (χ3v) is 6.03. The molecule has 1 saturated heterocycles. The summed E-state index contributed by atoms with van der Waals surface area (Å²) < 4.78 is 3.57. The van der Waals surface area contributed by atoms with Crippen LogP contribution in [0.5, 0.6) is 0 Å². The Balaban J connectivity index is 1.96. The number of rotatable bonds is 3. The molecule has 0 spiro atoms. The first-order valence-electron chi connectivity index (χ1n) is 5.74. The molecule has 17 heavy (non-hydrogen) atoms. The highest BCUT2D eigenvalue weighted by Gasteiger charge is 2.21. The van der Waals surface area contributed by atoms with Crippen molar-refractivity contribution >= 4 is 46.3 Å². The molecule has 1 heterocycles. The molecule has 0 N–H and O–H groups in total. The highest BCUT2D eigenvalue weighted by atomic mass is 127. The second-order valence-electron chi connectivity index (χ2n) is 4.26. The molecule has 94 valence electrons. The summed E-state index contributed by atoms with van der Waals surface area (Å²) in [5, 5.41) is 0. The SMILES string of the molecule is C[C@@H](c1ccc(Br)cc1)N1CCN(SI)CC1. The van der Waals surface area contributed by atoms with E-state index in [1.165, 1.54) is 5.56 Å². The average molecular weight is 427 g/mol.